The van der Waals surface area contributed by atoms with E-state index < -0.39 is 22.5 Å². The molecule has 0 atom stereocenters. The molecule has 0 radical (unpaired) electrons. The van der Waals surface area contributed by atoms with E-state index in [1.54, 1.807) is 18.2 Å². The van der Waals surface area contributed by atoms with Gasteiger partial charge in [-0.3, -0.25) is 9.10 Å². The summed E-state index contributed by atoms with van der Waals surface area (Å²) in [5.41, 5.74) is 2.78. The molecule has 170 valence electrons. The van der Waals surface area contributed by atoms with Crippen molar-refractivity contribution in [3.8, 4) is 11.1 Å². The normalized spacial score (nSPS) is 11.6. The largest absolute Gasteiger partial charge is 0.480 e. The highest BCUT2D eigenvalue weighted by Crippen LogP contribution is 2.33. The maximum Gasteiger partial charge on any atom is 0.324 e. The van der Waals surface area contributed by atoms with Gasteiger partial charge in [0.25, 0.3) is 10.0 Å². The van der Waals surface area contributed by atoms with Crippen molar-refractivity contribution in [3.63, 3.8) is 0 Å². The van der Waals surface area contributed by atoms with E-state index in [1.165, 1.54) is 18.2 Å². The first-order chi connectivity index (χ1) is 15.6. The predicted molar refractivity (Wildman–Crippen MR) is 128 cm³/mol. The van der Waals surface area contributed by atoms with Crippen molar-refractivity contribution in [2.75, 3.05) is 10.8 Å². The van der Waals surface area contributed by atoms with Gasteiger partial charge in [0, 0.05) is 15.6 Å². The SMILES string of the molecule is Cc1noc(C)c1-c1ccc2cc(N(CC(=O)O)S(=O)(=O)c3cc(Cl)cc(Cl)c3)ccc2c1. The standard InChI is InChI=1S/C23H18Cl2N2O5S/c1-13-23(14(2)32-26-13)17-4-3-16-8-20(6-5-15(16)7-17)27(12-22(28)29)33(30,31)21-10-18(24)9-19(25)11-21/h3-11H,12H2,1-2H3,(H,28,29). The fourth-order valence-corrected chi connectivity index (χ4v) is 5.81. The zero-order valence-electron chi connectivity index (χ0n) is 17.5. The number of aliphatic carboxylic acids is 1. The van der Waals surface area contributed by atoms with Crippen LogP contribution >= 0.6 is 23.2 Å². The molecule has 0 spiro atoms. The van der Waals surface area contributed by atoms with Crippen LogP contribution in [-0.4, -0.2) is 31.2 Å². The third-order valence-corrected chi connectivity index (χ3v) is 7.32. The van der Waals surface area contributed by atoms with Gasteiger partial charge < -0.3 is 9.63 Å². The zero-order valence-corrected chi connectivity index (χ0v) is 19.9. The number of sulfonamides is 1. The monoisotopic (exact) mass is 504 g/mol. The lowest BCUT2D eigenvalue weighted by atomic mass is 10.00. The number of carboxylic acid groups (broad SMARTS) is 1. The Kier molecular flexibility index (Phi) is 6.09. The second-order valence-electron chi connectivity index (χ2n) is 7.46. The molecule has 4 rings (SSSR count). The highest BCUT2D eigenvalue weighted by Gasteiger charge is 2.28. The van der Waals surface area contributed by atoms with Gasteiger partial charge in [-0.05, 0) is 66.6 Å². The van der Waals surface area contributed by atoms with Gasteiger partial charge in [-0.1, -0.05) is 46.6 Å². The molecule has 7 nitrogen and oxygen atoms in total. The van der Waals surface area contributed by atoms with Crippen LogP contribution in [0.2, 0.25) is 10.0 Å². The number of rotatable bonds is 6. The van der Waals surface area contributed by atoms with E-state index in [0.29, 0.717) is 5.76 Å². The molecule has 1 N–H and O–H groups in total. The summed E-state index contributed by atoms with van der Waals surface area (Å²) in [6.07, 6.45) is 0. The zero-order chi connectivity index (χ0) is 23.9. The Bertz CT molecular complexity index is 1460. The minimum absolute atomic E-state index is 0.127. The van der Waals surface area contributed by atoms with Crippen LogP contribution in [0.25, 0.3) is 21.9 Å². The molecule has 0 bridgehead atoms. The van der Waals surface area contributed by atoms with Crippen molar-refractivity contribution in [2.24, 2.45) is 0 Å². The number of carbonyl (C=O) groups is 1. The number of anilines is 1. The summed E-state index contributed by atoms with van der Waals surface area (Å²) in [7, 11) is -4.25. The average Bonchev–Trinajstić information content (AvgIpc) is 3.08. The van der Waals surface area contributed by atoms with E-state index in [2.05, 4.69) is 5.16 Å². The lowest BCUT2D eigenvalue weighted by Crippen LogP contribution is -2.35. The van der Waals surface area contributed by atoms with Crippen molar-refractivity contribution in [2.45, 2.75) is 18.7 Å². The highest BCUT2D eigenvalue weighted by molar-refractivity contribution is 7.92. The molecule has 0 unspecified atom stereocenters. The molecule has 0 saturated heterocycles. The van der Waals surface area contributed by atoms with Crippen LogP contribution in [0.3, 0.4) is 0 Å². The lowest BCUT2D eigenvalue weighted by molar-refractivity contribution is -0.135. The van der Waals surface area contributed by atoms with Crippen LogP contribution in [0.15, 0.2) is 64.0 Å². The van der Waals surface area contributed by atoms with Crippen molar-refractivity contribution in [1.29, 1.82) is 0 Å². The summed E-state index contributed by atoms with van der Waals surface area (Å²) in [6.45, 7) is 2.92. The molecule has 0 aliphatic rings. The quantitative estimate of drug-likeness (QED) is 0.361. The van der Waals surface area contributed by atoms with E-state index in [-0.39, 0.29) is 20.6 Å². The van der Waals surface area contributed by atoms with Crippen molar-refractivity contribution < 1.29 is 22.8 Å². The van der Waals surface area contributed by atoms with Crippen LogP contribution in [0, 0.1) is 13.8 Å². The summed E-state index contributed by atoms with van der Waals surface area (Å²) in [5.74, 6) is -0.608. The molecule has 4 aromatic rings. The first-order valence-electron chi connectivity index (χ1n) is 9.74. The summed E-state index contributed by atoms with van der Waals surface area (Å²) in [6, 6.07) is 14.4. The van der Waals surface area contributed by atoms with Gasteiger partial charge in [0.2, 0.25) is 0 Å². The van der Waals surface area contributed by atoms with E-state index in [9.17, 15) is 18.3 Å². The number of aromatic nitrogens is 1. The second-order valence-corrected chi connectivity index (χ2v) is 10.2. The highest BCUT2D eigenvalue weighted by atomic mass is 35.5. The number of benzene rings is 3. The van der Waals surface area contributed by atoms with Crippen LogP contribution in [0.1, 0.15) is 11.5 Å². The first kappa shape index (κ1) is 23.1. The first-order valence-corrected chi connectivity index (χ1v) is 11.9. The summed E-state index contributed by atoms with van der Waals surface area (Å²) < 4.78 is 32.7. The Morgan fingerprint density at radius 2 is 1.64 bits per heavy atom. The van der Waals surface area contributed by atoms with Crippen molar-refractivity contribution in [3.05, 3.63) is 76.1 Å². The van der Waals surface area contributed by atoms with Gasteiger partial charge in [-0.15, -0.1) is 0 Å². The molecule has 0 aliphatic carbocycles. The number of fused-ring (bicyclic) bond motifs is 1. The molecule has 0 amide bonds. The number of hydrogen-bond acceptors (Lipinski definition) is 5. The fourth-order valence-electron chi connectivity index (χ4n) is 3.68. The summed E-state index contributed by atoms with van der Waals surface area (Å²) >= 11 is 12.0. The van der Waals surface area contributed by atoms with Crippen LogP contribution in [0.4, 0.5) is 5.69 Å². The number of halogens is 2. The van der Waals surface area contributed by atoms with Crippen molar-refractivity contribution >= 4 is 55.7 Å². The Morgan fingerprint density at radius 1 is 1.00 bits per heavy atom. The topological polar surface area (TPSA) is 101 Å². The van der Waals surface area contributed by atoms with Gasteiger partial charge in [-0.25, -0.2) is 8.42 Å². The molecule has 0 aliphatic heterocycles. The van der Waals surface area contributed by atoms with Crippen LogP contribution in [0.5, 0.6) is 0 Å². The van der Waals surface area contributed by atoms with Gasteiger partial charge in [0.1, 0.15) is 12.3 Å². The average molecular weight is 505 g/mol. The molecule has 0 fully saturated rings. The summed E-state index contributed by atoms with van der Waals surface area (Å²) in [4.78, 5) is 11.3. The lowest BCUT2D eigenvalue weighted by Gasteiger charge is -2.23. The minimum atomic E-state index is -4.25. The maximum absolute atomic E-state index is 13.3. The smallest absolute Gasteiger partial charge is 0.324 e. The molecular formula is C23H18Cl2N2O5S. The Morgan fingerprint density at radius 3 is 2.24 bits per heavy atom. The summed E-state index contributed by atoms with van der Waals surface area (Å²) in [5, 5.41) is 15.2. The molecule has 3 aromatic carbocycles. The number of nitrogens with zero attached hydrogens (tertiary/aromatic N) is 2. The molecule has 33 heavy (non-hydrogen) atoms. The maximum atomic E-state index is 13.3. The Balaban J connectivity index is 1.81. The van der Waals surface area contributed by atoms with E-state index in [4.69, 9.17) is 27.7 Å². The molecule has 10 heteroatoms. The minimum Gasteiger partial charge on any atom is -0.480 e. The molecule has 1 aromatic heterocycles. The second kappa shape index (κ2) is 8.70. The fraction of sp³-hybridized carbons (Fsp3) is 0.130. The third-order valence-electron chi connectivity index (χ3n) is 5.14. The van der Waals surface area contributed by atoms with Gasteiger partial charge in [0.05, 0.1) is 16.3 Å². The van der Waals surface area contributed by atoms with E-state index >= 15 is 0 Å². The molecular weight excluding hydrogens is 487 g/mol. The number of carboxylic acids is 1. The van der Waals surface area contributed by atoms with Gasteiger partial charge in [-0.2, -0.15) is 0 Å². The predicted octanol–water partition coefficient (Wildman–Crippen LogP) is 5.70. The van der Waals surface area contributed by atoms with E-state index in [1.807, 2.05) is 32.0 Å². The third kappa shape index (κ3) is 4.55. The van der Waals surface area contributed by atoms with Crippen LogP contribution < -0.4 is 4.31 Å². The molecule has 1 heterocycles. The number of aryl methyl sites for hydroxylation is 2. The van der Waals surface area contributed by atoms with Crippen LogP contribution in [-0.2, 0) is 14.8 Å². The number of hydrogen-bond donors (Lipinski definition) is 1. The Hall–Kier alpha value is -3.07. The molecule has 0 saturated carbocycles. The van der Waals surface area contributed by atoms with E-state index in [0.717, 1.165) is 31.9 Å². The Labute approximate surface area is 200 Å². The van der Waals surface area contributed by atoms with Crippen molar-refractivity contribution in [1.82, 2.24) is 5.16 Å². The van der Waals surface area contributed by atoms with Gasteiger partial charge in [0.15, 0.2) is 0 Å². The van der Waals surface area contributed by atoms with Gasteiger partial charge >= 0.3 is 5.97 Å².